The minimum Gasteiger partial charge on any atom is -0.310 e. The maximum absolute atomic E-state index is 11.8. The summed E-state index contributed by atoms with van der Waals surface area (Å²) in [6.07, 6.45) is 9.79. The lowest BCUT2D eigenvalue weighted by atomic mass is 9.90. The molecule has 106 valence electrons. The van der Waals surface area contributed by atoms with Crippen molar-refractivity contribution in [3.63, 3.8) is 0 Å². The molecule has 3 nitrogen and oxygen atoms in total. The highest BCUT2D eigenvalue weighted by atomic mass is 16.1. The van der Waals surface area contributed by atoms with Crippen molar-refractivity contribution < 1.29 is 0 Å². The predicted octanol–water partition coefficient (Wildman–Crippen LogP) is 3.80. The molecule has 1 aromatic rings. The van der Waals surface area contributed by atoms with Crippen molar-refractivity contribution in [3.8, 4) is 0 Å². The summed E-state index contributed by atoms with van der Waals surface area (Å²) in [4.78, 5) is 19.5. The van der Waals surface area contributed by atoms with Gasteiger partial charge in [0.25, 0.3) is 5.56 Å². The Bertz CT molecular complexity index is 442. The standard InChI is InChI=1S/C16H26N2O/c1-12(2)10-14-11-15(19)18-16(17-14)13-8-6-4-3-5-7-9-13/h11-13H,3-10H2,1-2H3,(H,17,18,19). The number of nitrogens with zero attached hydrogens (tertiary/aromatic N) is 1. The molecule has 0 atom stereocenters. The van der Waals surface area contributed by atoms with Gasteiger partial charge in [-0.2, -0.15) is 0 Å². The van der Waals surface area contributed by atoms with Gasteiger partial charge in [-0.3, -0.25) is 4.79 Å². The number of hydrogen-bond acceptors (Lipinski definition) is 2. The van der Waals surface area contributed by atoms with Gasteiger partial charge in [-0.1, -0.05) is 46.0 Å². The highest BCUT2D eigenvalue weighted by Gasteiger charge is 2.16. The van der Waals surface area contributed by atoms with Gasteiger partial charge in [-0.25, -0.2) is 4.98 Å². The predicted molar refractivity (Wildman–Crippen MR) is 78.5 cm³/mol. The minimum atomic E-state index is 0.0164. The van der Waals surface area contributed by atoms with Gasteiger partial charge in [0, 0.05) is 17.7 Å². The average molecular weight is 262 g/mol. The Morgan fingerprint density at radius 2 is 1.84 bits per heavy atom. The molecule has 0 spiro atoms. The first-order valence-electron chi connectivity index (χ1n) is 7.75. The molecule has 0 bridgehead atoms. The normalized spacial score (nSPS) is 18.3. The lowest BCUT2D eigenvalue weighted by Gasteiger charge is -2.19. The maximum atomic E-state index is 11.8. The summed E-state index contributed by atoms with van der Waals surface area (Å²) in [6.45, 7) is 4.33. The summed E-state index contributed by atoms with van der Waals surface area (Å²) in [5.74, 6) is 1.93. The van der Waals surface area contributed by atoms with Crippen LogP contribution in [0.15, 0.2) is 10.9 Å². The summed E-state index contributed by atoms with van der Waals surface area (Å²) in [7, 11) is 0. The first kappa shape index (κ1) is 14.3. The third-order valence-electron chi connectivity index (χ3n) is 3.92. The summed E-state index contributed by atoms with van der Waals surface area (Å²) in [5, 5.41) is 0. The van der Waals surface area contributed by atoms with E-state index in [-0.39, 0.29) is 5.56 Å². The van der Waals surface area contributed by atoms with E-state index in [1.54, 1.807) is 6.07 Å². The first-order chi connectivity index (χ1) is 9.15. The Morgan fingerprint density at radius 1 is 1.21 bits per heavy atom. The number of aromatic amines is 1. The van der Waals surface area contributed by atoms with Gasteiger partial charge >= 0.3 is 0 Å². The zero-order valence-electron chi connectivity index (χ0n) is 12.2. The monoisotopic (exact) mass is 262 g/mol. The van der Waals surface area contributed by atoms with Crippen molar-refractivity contribution >= 4 is 0 Å². The van der Waals surface area contributed by atoms with Gasteiger partial charge in [-0.15, -0.1) is 0 Å². The third-order valence-corrected chi connectivity index (χ3v) is 3.92. The zero-order chi connectivity index (χ0) is 13.7. The minimum absolute atomic E-state index is 0.0164. The molecular formula is C16H26N2O. The van der Waals surface area contributed by atoms with E-state index in [0.717, 1.165) is 17.9 Å². The first-order valence-corrected chi connectivity index (χ1v) is 7.75. The molecule has 1 aliphatic rings. The summed E-state index contributed by atoms with van der Waals surface area (Å²) >= 11 is 0. The zero-order valence-corrected chi connectivity index (χ0v) is 12.2. The van der Waals surface area contributed by atoms with Crippen LogP contribution in [0.1, 0.15) is 76.2 Å². The molecule has 1 saturated carbocycles. The van der Waals surface area contributed by atoms with Gasteiger partial charge in [0.1, 0.15) is 5.82 Å². The van der Waals surface area contributed by atoms with E-state index >= 15 is 0 Å². The lowest BCUT2D eigenvalue weighted by Crippen LogP contribution is -2.17. The molecule has 1 aromatic heterocycles. The fraction of sp³-hybridized carbons (Fsp3) is 0.750. The quantitative estimate of drug-likeness (QED) is 0.900. The Hall–Kier alpha value is -1.12. The molecule has 0 saturated heterocycles. The summed E-state index contributed by atoms with van der Waals surface area (Å²) in [6, 6.07) is 1.66. The highest BCUT2D eigenvalue weighted by molar-refractivity contribution is 5.07. The molecule has 1 aliphatic carbocycles. The van der Waals surface area contributed by atoms with Crippen LogP contribution in [-0.4, -0.2) is 9.97 Å². The Balaban J connectivity index is 2.17. The molecule has 1 N–H and O–H groups in total. The van der Waals surface area contributed by atoms with Gasteiger partial charge in [0.2, 0.25) is 0 Å². The van der Waals surface area contributed by atoms with Crippen LogP contribution < -0.4 is 5.56 Å². The van der Waals surface area contributed by atoms with Crippen molar-refractivity contribution in [2.75, 3.05) is 0 Å². The fourth-order valence-electron chi connectivity index (χ4n) is 2.97. The molecule has 19 heavy (non-hydrogen) atoms. The van der Waals surface area contributed by atoms with Crippen molar-refractivity contribution in [2.24, 2.45) is 5.92 Å². The molecule has 1 heterocycles. The molecule has 0 radical (unpaired) electrons. The van der Waals surface area contributed by atoms with Gasteiger partial charge in [0.05, 0.1) is 0 Å². The lowest BCUT2D eigenvalue weighted by molar-refractivity contribution is 0.440. The van der Waals surface area contributed by atoms with Crippen molar-refractivity contribution in [2.45, 2.75) is 71.1 Å². The van der Waals surface area contributed by atoms with Crippen LogP contribution in [0.4, 0.5) is 0 Å². The Morgan fingerprint density at radius 3 is 2.47 bits per heavy atom. The van der Waals surface area contributed by atoms with E-state index in [9.17, 15) is 4.79 Å². The topological polar surface area (TPSA) is 45.8 Å². The Labute approximate surface area is 115 Å². The largest absolute Gasteiger partial charge is 0.310 e. The van der Waals surface area contributed by atoms with Crippen LogP contribution in [0.3, 0.4) is 0 Å². The number of H-pyrrole nitrogens is 1. The van der Waals surface area contributed by atoms with Crippen LogP contribution >= 0.6 is 0 Å². The SMILES string of the molecule is CC(C)Cc1cc(=O)[nH]c(C2CCCCCCC2)n1. The number of aromatic nitrogens is 2. The van der Waals surface area contributed by atoms with Gasteiger partial charge < -0.3 is 4.98 Å². The third kappa shape index (κ3) is 4.48. The summed E-state index contributed by atoms with van der Waals surface area (Å²) in [5.41, 5.74) is 0.971. The second-order valence-electron chi connectivity index (χ2n) is 6.26. The number of hydrogen-bond donors (Lipinski definition) is 1. The van der Waals surface area contributed by atoms with E-state index < -0.39 is 0 Å². The molecule has 0 aromatic carbocycles. The molecule has 0 amide bonds. The van der Waals surface area contributed by atoms with Crippen LogP contribution in [0.25, 0.3) is 0 Å². The molecule has 0 aliphatic heterocycles. The number of nitrogens with one attached hydrogen (secondary N) is 1. The van der Waals surface area contributed by atoms with E-state index in [1.165, 1.54) is 44.9 Å². The molecule has 1 fully saturated rings. The summed E-state index contributed by atoms with van der Waals surface area (Å²) < 4.78 is 0. The molecular weight excluding hydrogens is 236 g/mol. The average Bonchev–Trinajstić information content (AvgIpc) is 2.26. The van der Waals surface area contributed by atoms with Crippen molar-refractivity contribution in [1.29, 1.82) is 0 Å². The van der Waals surface area contributed by atoms with E-state index in [0.29, 0.717) is 11.8 Å². The van der Waals surface area contributed by atoms with Crippen LogP contribution in [0, 0.1) is 5.92 Å². The van der Waals surface area contributed by atoms with E-state index in [4.69, 9.17) is 4.98 Å². The Kier molecular flexibility index (Phi) is 5.17. The smallest absolute Gasteiger partial charge is 0.251 e. The van der Waals surface area contributed by atoms with Crippen LogP contribution in [0.2, 0.25) is 0 Å². The van der Waals surface area contributed by atoms with E-state index in [1.807, 2.05) is 0 Å². The van der Waals surface area contributed by atoms with Crippen LogP contribution in [-0.2, 0) is 6.42 Å². The maximum Gasteiger partial charge on any atom is 0.251 e. The number of rotatable bonds is 3. The van der Waals surface area contributed by atoms with Gasteiger partial charge in [-0.05, 0) is 25.2 Å². The molecule has 2 rings (SSSR count). The second kappa shape index (κ2) is 6.88. The second-order valence-corrected chi connectivity index (χ2v) is 6.26. The fourth-order valence-corrected chi connectivity index (χ4v) is 2.97. The van der Waals surface area contributed by atoms with Crippen LogP contribution in [0.5, 0.6) is 0 Å². The molecule has 3 heteroatoms. The van der Waals surface area contributed by atoms with Gasteiger partial charge in [0.15, 0.2) is 0 Å². The van der Waals surface area contributed by atoms with E-state index in [2.05, 4.69) is 18.8 Å². The molecule has 0 unspecified atom stereocenters. The highest BCUT2D eigenvalue weighted by Crippen LogP contribution is 2.28. The van der Waals surface area contributed by atoms with Crippen molar-refractivity contribution in [3.05, 3.63) is 27.9 Å². The van der Waals surface area contributed by atoms with Crippen molar-refractivity contribution in [1.82, 2.24) is 9.97 Å².